The maximum absolute atomic E-state index is 15.6. The minimum atomic E-state index is -0.694. The van der Waals surface area contributed by atoms with Gasteiger partial charge in [-0.15, -0.1) is 0 Å². The van der Waals surface area contributed by atoms with Gasteiger partial charge in [-0.2, -0.15) is 4.98 Å². The molecular formula is C33H28ClF3N4O3. The van der Waals surface area contributed by atoms with Crippen molar-refractivity contribution in [3.8, 4) is 17.3 Å². The molecule has 2 aromatic heterocycles. The van der Waals surface area contributed by atoms with Crippen LogP contribution in [0, 0.1) is 22.9 Å². The highest BCUT2D eigenvalue weighted by Crippen LogP contribution is 2.41. The molecule has 1 aliphatic rings. The lowest BCUT2D eigenvalue weighted by Gasteiger charge is -2.28. The van der Waals surface area contributed by atoms with Gasteiger partial charge in [0.2, 0.25) is 0 Å². The standard InChI is InChI=1S/C33H28ClF3N4O3/c1-18(42)19-5-7-28-29(11-19)41(30-16-43-17-33(30,2)3)31(39-28)12-21-10-26(37)23(14-25(21)36)27-8-9-38-32(40-27)44-15-20-4-6-22(34)13-24(20)35/h4-11,13-14,30,42H,1,12,15-17H2,2-3H3/t30-/m1/s1. The van der Waals surface area contributed by atoms with Crippen molar-refractivity contribution in [2.24, 2.45) is 5.41 Å². The van der Waals surface area contributed by atoms with Crippen LogP contribution in [0.25, 0.3) is 28.0 Å². The van der Waals surface area contributed by atoms with Gasteiger partial charge in [0.05, 0.1) is 36.0 Å². The Labute approximate surface area is 256 Å². The molecule has 7 nitrogen and oxygen atoms in total. The van der Waals surface area contributed by atoms with Crippen molar-refractivity contribution in [1.82, 2.24) is 19.5 Å². The van der Waals surface area contributed by atoms with Crippen LogP contribution in [0.2, 0.25) is 5.02 Å². The van der Waals surface area contributed by atoms with Crippen LogP contribution in [0.5, 0.6) is 6.01 Å². The fourth-order valence-corrected chi connectivity index (χ4v) is 5.56. The van der Waals surface area contributed by atoms with Gasteiger partial charge in [0.1, 0.15) is 35.6 Å². The number of halogens is 4. The summed E-state index contributed by atoms with van der Waals surface area (Å²) < 4.78 is 58.6. The molecule has 1 N–H and O–H groups in total. The number of imidazole rings is 1. The minimum absolute atomic E-state index is 0.00445. The molecule has 0 unspecified atom stereocenters. The number of aliphatic hydroxyl groups excluding tert-OH is 1. The molecule has 1 fully saturated rings. The molecule has 1 aliphatic heterocycles. The van der Waals surface area contributed by atoms with Gasteiger partial charge in [0, 0.05) is 39.7 Å². The van der Waals surface area contributed by atoms with Crippen molar-refractivity contribution >= 4 is 28.4 Å². The second kappa shape index (κ2) is 11.6. The fraction of sp³-hybridized carbons (Fsp3) is 0.242. The van der Waals surface area contributed by atoms with E-state index < -0.39 is 17.5 Å². The molecule has 6 rings (SSSR count). The number of aromatic nitrogens is 4. The monoisotopic (exact) mass is 620 g/mol. The summed E-state index contributed by atoms with van der Waals surface area (Å²) in [6.07, 6.45) is 1.36. The molecule has 0 amide bonds. The highest BCUT2D eigenvalue weighted by molar-refractivity contribution is 6.30. The van der Waals surface area contributed by atoms with E-state index in [-0.39, 0.29) is 63.7 Å². The highest BCUT2D eigenvalue weighted by atomic mass is 35.5. The number of rotatable bonds is 8. The zero-order chi connectivity index (χ0) is 31.2. The lowest BCUT2D eigenvalue weighted by atomic mass is 9.87. The Morgan fingerprint density at radius 1 is 1.05 bits per heavy atom. The van der Waals surface area contributed by atoms with Crippen LogP contribution in [0.4, 0.5) is 13.2 Å². The smallest absolute Gasteiger partial charge is 0.317 e. The number of fused-ring (bicyclic) bond motifs is 1. The van der Waals surface area contributed by atoms with Crippen LogP contribution in [0.3, 0.4) is 0 Å². The summed E-state index contributed by atoms with van der Waals surface area (Å²) in [5, 5.41) is 10.3. The van der Waals surface area contributed by atoms with Crippen molar-refractivity contribution in [3.05, 3.63) is 112 Å². The summed E-state index contributed by atoms with van der Waals surface area (Å²) in [4.78, 5) is 13.0. The number of nitrogens with zero attached hydrogens (tertiary/aromatic N) is 4. The highest BCUT2D eigenvalue weighted by Gasteiger charge is 2.39. The normalized spacial score (nSPS) is 16.0. The number of hydrogen-bond donors (Lipinski definition) is 1. The molecule has 0 radical (unpaired) electrons. The Morgan fingerprint density at radius 2 is 1.84 bits per heavy atom. The van der Waals surface area contributed by atoms with Crippen LogP contribution in [-0.2, 0) is 17.8 Å². The van der Waals surface area contributed by atoms with Crippen molar-refractivity contribution in [3.63, 3.8) is 0 Å². The summed E-state index contributed by atoms with van der Waals surface area (Å²) >= 11 is 5.80. The van der Waals surface area contributed by atoms with Crippen molar-refractivity contribution in [2.75, 3.05) is 13.2 Å². The molecule has 1 saturated heterocycles. The zero-order valence-corrected chi connectivity index (χ0v) is 24.7. The Hall–Kier alpha value is -4.41. The van der Waals surface area contributed by atoms with Gasteiger partial charge in [-0.1, -0.05) is 38.1 Å². The van der Waals surface area contributed by atoms with E-state index in [0.29, 0.717) is 30.1 Å². The summed E-state index contributed by atoms with van der Waals surface area (Å²) in [7, 11) is 0. The van der Waals surface area contributed by atoms with Crippen LogP contribution in [-0.4, -0.2) is 37.8 Å². The van der Waals surface area contributed by atoms with Crippen molar-refractivity contribution < 1.29 is 27.8 Å². The molecular weight excluding hydrogens is 593 g/mol. The van der Waals surface area contributed by atoms with E-state index in [9.17, 15) is 9.50 Å². The van der Waals surface area contributed by atoms with Crippen molar-refractivity contribution in [1.29, 1.82) is 0 Å². The first-order valence-corrected chi connectivity index (χ1v) is 14.2. The predicted octanol–water partition coefficient (Wildman–Crippen LogP) is 7.86. The summed E-state index contributed by atoms with van der Waals surface area (Å²) in [6.45, 7) is 8.56. The van der Waals surface area contributed by atoms with Gasteiger partial charge in [-0.25, -0.2) is 23.1 Å². The lowest BCUT2D eigenvalue weighted by molar-refractivity contribution is 0.166. The molecule has 0 spiro atoms. The SMILES string of the molecule is C=C(O)c1ccc2nc(Cc3cc(F)c(-c4ccnc(OCc5ccc(Cl)cc5F)n4)cc3F)n([C@@H]3COCC3(C)C)c2c1. The quantitative estimate of drug-likeness (QED) is 0.178. The number of ether oxygens (including phenoxy) is 2. The van der Waals surface area contributed by atoms with Crippen LogP contribution < -0.4 is 4.74 Å². The Morgan fingerprint density at radius 3 is 2.57 bits per heavy atom. The summed E-state index contributed by atoms with van der Waals surface area (Å²) in [5.74, 6) is -1.43. The first-order chi connectivity index (χ1) is 21.0. The predicted molar refractivity (Wildman–Crippen MR) is 161 cm³/mol. The number of aliphatic hydroxyl groups is 1. The molecule has 5 aromatic rings. The van der Waals surface area contributed by atoms with E-state index in [1.807, 2.05) is 4.57 Å². The maximum Gasteiger partial charge on any atom is 0.317 e. The second-order valence-corrected chi connectivity index (χ2v) is 11.9. The Kier molecular flexibility index (Phi) is 7.81. The number of benzene rings is 3. The minimum Gasteiger partial charge on any atom is -0.508 e. The fourth-order valence-electron chi connectivity index (χ4n) is 5.41. The molecule has 3 heterocycles. The lowest BCUT2D eigenvalue weighted by Crippen LogP contribution is -2.27. The van der Waals surface area contributed by atoms with Crippen LogP contribution >= 0.6 is 11.6 Å². The van der Waals surface area contributed by atoms with E-state index in [0.717, 1.165) is 23.7 Å². The zero-order valence-electron chi connectivity index (χ0n) is 24.0. The summed E-state index contributed by atoms with van der Waals surface area (Å²) in [5.41, 5.74) is 2.03. The third-order valence-electron chi connectivity index (χ3n) is 7.83. The third kappa shape index (κ3) is 5.75. The molecule has 1 atom stereocenters. The van der Waals surface area contributed by atoms with E-state index in [1.54, 1.807) is 18.2 Å². The molecule has 0 saturated carbocycles. The van der Waals surface area contributed by atoms with Crippen molar-refractivity contribution in [2.45, 2.75) is 32.9 Å². The van der Waals surface area contributed by atoms with Gasteiger partial charge in [0.15, 0.2) is 0 Å². The Balaban J connectivity index is 1.31. The van der Waals surface area contributed by atoms with E-state index in [4.69, 9.17) is 26.1 Å². The van der Waals surface area contributed by atoms with Gasteiger partial charge in [-0.3, -0.25) is 0 Å². The first kappa shape index (κ1) is 29.7. The van der Waals surface area contributed by atoms with E-state index in [2.05, 4.69) is 30.4 Å². The molecule has 226 valence electrons. The first-order valence-electron chi connectivity index (χ1n) is 13.8. The molecule has 3 aromatic carbocycles. The summed E-state index contributed by atoms with van der Waals surface area (Å²) in [6, 6.07) is 12.8. The van der Waals surface area contributed by atoms with E-state index in [1.165, 1.54) is 24.4 Å². The molecule has 0 aliphatic carbocycles. The van der Waals surface area contributed by atoms with E-state index >= 15 is 8.78 Å². The average Bonchev–Trinajstić information content (AvgIpc) is 3.51. The third-order valence-corrected chi connectivity index (χ3v) is 8.06. The van der Waals surface area contributed by atoms with Gasteiger partial charge in [0.25, 0.3) is 0 Å². The van der Waals surface area contributed by atoms with Gasteiger partial charge in [-0.05, 0) is 54.1 Å². The average molecular weight is 621 g/mol. The number of hydrogen-bond acceptors (Lipinski definition) is 6. The largest absolute Gasteiger partial charge is 0.508 e. The van der Waals surface area contributed by atoms with Crippen LogP contribution in [0.15, 0.2) is 67.4 Å². The van der Waals surface area contributed by atoms with Gasteiger partial charge >= 0.3 is 6.01 Å². The van der Waals surface area contributed by atoms with Gasteiger partial charge < -0.3 is 19.1 Å². The molecule has 11 heteroatoms. The second-order valence-electron chi connectivity index (χ2n) is 11.4. The topological polar surface area (TPSA) is 82.3 Å². The molecule has 0 bridgehead atoms. The molecule has 44 heavy (non-hydrogen) atoms. The van der Waals surface area contributed by atoms with Crippen LogP contribution in [0.1, 0.15) is 42.4 Å². The maximum atomic E-state index is 15.6. The Bertz CT molecular complexity index is 1910.